The summed E-state index contributed by atoms with van der Waals surface area (Å²) in [5.41, 5.74) is 2.20. The number of anilines is 1. The van der Waals surface area contributed by atoms with E-state index in [-0.39, 0.29) is 6.04 Å². The molecule has 0 aliphatic heterocycles. The molecule has 2 heterocycles. The summed E-state index contributed by atoms with van der Waals surface area (Å²) in [6, 6.07) is 12.7. The standard InChI is InChI=1S/C15H14BrN3S/c1-11(14-6-7-15(16)20-14)18-12-4-2-3-5-13(12)19-9-8-17-10-19/h2-11,18H,1H3. The van der Waals surface area contributed by atoms with Crippen molar-refractivity contribution in [3.63, 3.8) is 0 Å². The molecule has 1 N–H and O–H groups in total. The molecule has 0 aliphatic rings. The van der Waals surface area contributed by atoms with Crippen LogP contribution < -0.4 is 5.32 Å². The fourth-order valence-electron chi connectivity index (χ4n) is 2.09. The first-order chi connectivity index (χ1) is 9.74. The van der Waals surface area contributed by atoms with Gasteiger partial charge < -0.3 is 9.88 Å². The minimum absolute atomic E-state index is 0.260. The molecule has 0 spiro atoms. The van der Waals surface area contributed by atoms with Crippen LogP contribution in [0.1, 0.15) is 17.8 Å². The van der Waals surface area contributed by atoms with Crippen molar-refractivity contribution in [1.29, 1.82) is 0 Å². The monoisotopic (exact) mass is 347 g/mol. The predicted molar refractivity (Wildman–Crippen MR) is 87.6 cm³/mol. The second kappa shape index (κ2) is 5.81. The Morgan fingerprint density at radius 1 is 1.25 bits per heavy atom. The molecule has 0 radical (unpaired) electrons. The lowest BCUT2D eigenvalue weighted by molar-refractivity contribution is 0.901. The number of nitrogens with zero attached hydrogens (tertiary/aromatic N) is 2. The average Bonchev–Trinajstić information content (AvgIpc) is 3.10. The molecule has 3 rings (SSSR count). The first-order valence-corrected chi connectivity index (χ1v) is 7.94. The molecular formula is C15H14BrN3S. The number of hydrogen-bond acceptors (Lipinski definition) is 3. The number of rotatable bonds is 4. The smallest absolute Gasteiger partial charge is 0.0992 e. The van der Waals surface area contributed by atoms with Crippen LogP contribution in [0, 0.1) is 0 Å². The van der Waals surface area contributed by atoms with Gasteiger partial charge in [-0.2, -0.15) is 0 Å². The highest BCUT2D eigenvalue weighted by Crippen LogP contribution is 2.30. The molecule has 2 aromatic heterocycles. The van der Waals surface area contributed by atoms with Crippen LogP contribution in [0.15, 0.2) is 58.9 Å². The van der Waals surface area contributed by atoms with Gasteiger partial charge in [-0.15, -0.1) is 11.3 Å². The fourth-order valence-corrected chi connectivity index (χ4v) is 3.51. The summed E-state index contributed by atoms with van der Waals surface area (Å²) >= 11 is 5.26. The Morgan fingerprint density at radius 2 is 2.10 bits per heavy atom. The third-order valence-corrected chi connectivity index (χ3v) is 4.89. The molecule has 0 amide bonds. The number of benzene rings is 1. The van der Waals surface area contributed by atoms with Crippen molar-refractivity contribution in [2.75, 3.05) is 5.32 Å². The first-order valence-electron chi connectivity index (χ1n) is 6.33. The molecule has 0 saturated heterocycles. The number of hydrogen-bond donors (Lipinski definition) is 1. The van der Waals surface area contributed by atoms with Gasteiger partial charge in [0.2, 0.25) is 0 Å². The zero-order chi connectivity index (χ0) is 13.9. The van der Waals surface area contributed by atoms with Crippen molar-refractivity contribution >= 4 is 33.0 Å². The van der Waals surface area contributed by atoms with Crippen LogP contribution in [0.2, 0.25) is 0 Å². The summed E-state index contributed by atoms with van der Waals surface area (Å²) in [5, 5.41) is 3.57. The zero-order valence-electron chi connectivity index (χ0n) is 11.0. The van der Waals surface area contributed by atoms with Gasteiger partial charge in [0, 0.05) is 17.3 Å². The van der Waals surface area contributed by atoms with E-state index in [2.05, 4.69) is 57.4 Å². The maximum absolute atomic E-state index is 4.11. The van der Waals surface area contributed by atoms with Gasteiger partial charge in [-0.05, 0) is 47.1 Å². The lowest BCUT2D eigenvalue weighted by atomic mass is 10.2. The summed E-state index contributed by atoms with van der Waals surface area (Å²) in [6.45, 7) is 2.17. The van der Waals surface area contributed by atoms with Gasteiger partial charge in [0.1, 0.15) is 0 Å². The highest BCUT2D eigenvalue weighted by atomic mass is 79.9. The van der Waals surface area contributed by atoms with Gasteiger partial charge in [0.25, 0.3) is 0 Å². The van der Waals surface area contributed by atoms with Crippen LogP contribution in [0.25, 0.3) is 5.69 Å². The highest BCUT2D eigenvalue weighted by molar-refractivity contribution is 9.11. The average molecular weight is 348 g/mol. The van der Waals surface area contributed by atoms with E-state index in [9.17, 15) is 0 Å². The van der Waals surface area contributed by atoms with E-state index >= 15 is 0 Å². The molecular weight excluding hydrogens is 334 g/mol. The van der Waals surface area contributed by atoms with Gasteiger partial charge in [-0.1, -0.05) is 12.1 Å². The molecule has 0 bridgehead atoms. The van der Waals surface area contributed by atoms with Gasteiger partial charge in [0.05, 0.1) is 27.5 Å². The molecule has 1 atom stereocenters. The minimum Gasteiger partial charge on any atom is -0.376 e. The third kappa shape index (κ3) is 2.78. The Hall–Kier alpha value is -1.59. The van der Waals surface area contributed by atoms with E-state index < -0.39 is 0 Å². The molecule has 102 valence electrons. The summed E-state index contributed by atoms with van der Waals surface area (Å²) in [4.78, 5) is 5.41. The van der Waals surface area contributed by atoms with Crippen LogP contribution in [0.4, 0.5) is 5.69 Å². The number of thiophene rings is 1. The van der Waals surface area contributed by atoms with Gasteiger partial charge in [0.15, 0.2) is 0 Å². The third-order valence-electron chi connectivity index (χ3n) is 3.08. The molecule has 3 aromatic rings. The van der Waals surface area contributed by atoms with E-state index in [0.717, 1.165) is 15.2 Å². The quantitative estimate of drug-likeness (QED) is 0.729. The Morgan fingerprint density at radius 3 is 2.80 bits per heavy atom. The van der Waals surface area contributed by atoms with Crippen molar-refractivity contribution in [2.24, 2.45) is 0 Å². The lowest BCUT2D eigenvalue weighted by Gasteiger charge is -2.17. The van der Waals surface area contributed by atoms with E-state index in [4.69, 9.17) is 0 Å². The van der Waals surface area contributed by atoms with Crippen LogP contribution in [0.5, 0.6) is 0 Å². The van der Waals surface area contributed by atoms with Gasteiger partial charge >= 0.3 is 0 Å². The number of halogens is 1. The number of aromatic nitrogens is 2. The van der Waals surface area contributed by atoms with Crippen molar-refractivity contribution in [3.05, 3.63) is 63.8 Å². The van der Waals surface area contributed by atoms with E-state index in [1.54, 1.807) is 17.5 Å². The Kier molecular flexibility index (Phi) is 3.89. The Bertz CT molecular complexity index is 691. The summed E-state index contributed by atoms with van der Waals surface area (Å²) in [7, 11) is 0. The lowest BCUT2D eigenvalue weighted by Crippen LogP contribution is -2.07. The molecule has 0 fully saturated rings. The van der Waals surface area contributed by atoms with Crippen molar-refractivity contribution in [2.45, 2.75) is 13.0 Å². The number of para-hydroxylation sites is 2. The van der Waals surface area contributed by atoms with Crippen LogP contribution >= 0.6 is 27.3 Å². The van der Waals surface area contributed by atoms with Crippen molar-refractivity contribution in [1.82, 2.24) is 9.55 Å². The molecule has 1 aromatic carbocycles. The van der Waals surface area contributed by atoms with Crippen LogP contribution in [-0.4, -0.2) is 9.55 Å². The van der Waals surface area contributed by atoms with E-state index in [1.165, 1.54) is 4.88 Å². The minimum atomic E-state index is 0.260. The Balaban J connectivity index is 1.88. The molecule has 0 aliphatic carbocycles. The topological polar surface area (TPSA) is 29.9 Å². The van der Waals surface area contributed by atoms with Gasteiger partial charge in [-0.3, -0.25) is 0 Å². The molecule has 5 heteroatoms. The SMILES string of the molecule is CC(Nc1ccccc1-n1ccnc1)c1ccc(Br)s1. The number of imidazole rings is 1. The van der Waals surface area contributed by atoms with Crippen LogP contribution in [-0.2, 0) is 0 Å². The maximum atomic E-state index is 4.11. The van der Waals surface area contributed by atoms with Gasteiger partial charge in [-0.25, -0.2) is 4.98 Å². The summed E-state index contributed by atoms with van der Waals surface area (Å²) < 4.78 is 3.17. The van der Waals surface area contributed by atoms with Crippen molar-refractivity contribution < 1.29 is 0 Å². The number of nitrogens with one attached hydrogen (secondary N) is 1. The second-order valence-electron chi connectivity index (χ2n) is 4.50. The second-order valence-corrected chi connectivity index (χ2v) is 6.99. The normalized spacial score (nSPS) is 12.3. The Labute approximate surface area is 130 Å². The zero-order valence-corrected chi connectivity index (χ0v) is 13.4. The fraction of sp³-hybridized carbons (Fsp3) is 0.133. The molecule has 1 unspecified atom stereocenters. The van der Waals surface area contributed by atoms with Crippen molar-refractivity contribution in [3.8, 4) is 5.69 Å². The summed E-state index contributed by atoms with van der Waals surface area (Å²) in [5.74, 6) is 0. The maximum Gasteiger partial charge on any atom is 0.0992 e. The molecule has 0 saturated carbocycles. The summed E-state index contributed by atoms with van der Waals surface area (Å²) in [6.07, 6.45) is 5.55. The highest BCUT2D eigenvalue weighted by Gasteiger charge is 2.10. The van der Waals surface area contributed by atoms with E-state index in [0.29, 0.717) is 0 Å². The van der Waals surface area contributed by atoms with E-state index in [1.807, 2.05) is 29.2 Å². The molecule has 3 nitrogen and oxygen atoms in total. The molecule has 20 heavy (non-hydrogen) atoms. The van der Waals surface area contributed by atoms with Crippen LogP contribution in [0.3, 0.4) is 0 Å². The predicted octanol–water partition coefficient (Wildman–Crippen LogP) is 4.87. The largest absolute Gasteiger partial charge is 0.376 e. The first kappa shape index (κ1) is 13.4.